The summed E-state index contributed by atoms with van der Waals surface area (Å²) in [7, 11) is -3.28. The largest absolute Gasteiger partial charge is 0.399 e. The van der Waals surface area contributed by atoms with Crippen molar-refractivity contribution in [3.8, 4) is 0 Å². The van der Waals surface area contributed by atoms with Gasteiger partial charge in [0.25, 0.3) is 5.91 Å². The third-order valence-corrected chi connectivity index (χ3v) is 7.14. The minimum Gasteiger partial charge on any atom is -0.399 e. The molecule has 138 valence electrons. The number of hydrogen-bond acceptors (Lipinski definition) is 4. The minimum atomic E-state index is -3.28. The van der Waals surface area contributed by atoms with Crippen LogP contribution in [0.15, 0.2) is 53.4 Å². The highest BCUT2D eigenvalue weighted by Crippen LogP contribution is 2.29. The molecular weight excluding hydrogens is 348 g/mol. The molecule has 0 aliphatic heterocycles. The Labute approximate surface area is 154 Å². The lowest BCUT2D eigenvalue weighted by Gasteiger charge is -2.11. The van der Waals surface area contributed by atoms with Crippen molar-refractivity contribution in [3.63, 3.8) is 0 Å². The van der Waals surface area contributed by atoms with Gasteiger partial charge in [0.15, 0.2) is 9.84 Å². The topological polar surface area (TPSA) is 89.3 Å². The van der Waals surface area contributed by atoms with Gasteiger partial charge in [0.1, 0.15) is 0 Å². The highest BCUT2D eigenvalue weighted by molar-refractivity contribution is 7.92. The lowest BCUT2D eigenvalue weighted by Crippen LogP contribution is -2.25. The Hall–Kier alpha value is -2.34. The molecule has 5 nitrogen and oxygen atoms in total. The molecule has 0 bridgehead atoms. The van der Waals surface area contributed by atoms with Gasteiger partial charge in [-0.05, 0) is 61.2 Å². The maximum atomic E-state index is 12.6. The van der Waals surface area contributed by atoms with Gasteiger partial charge in [-0.2, -0.15) is 0 Å². The molecule has 1 fully saturated rings. The Balaban J connectivity index is 1.57. The van der Waals surface area contributed by atoms with Gasteiger partial charge in [-0.25, -0.2) is 8.42 Å². The molecule has 1 saturated carbocycles. The van der Waals surface area contributed by atoms with Crippen molar-refractivity contribution in [2.75, 3.05) is 12.3 Å². The van der Waals surface area contributed by atoms with E-state index in [1.54, 1.807) is 24.3 Å². The zero-order valence-electron chi connectivity index (χ0n) is 14.6. The van der Waals surface area contributed by atoms with E-state index in [1.165, 1.54) is 0 Å². The number of benzene rings is 2. The van der Waals surface area contributed by atoms with Crippen LogP contribution in [0.4, 0.5) is 5.69 Å². The number of sulfone groups is 1. The smallest absolute Gasteiger partial charge is 0.251 e. The number of hydrogen-bond donors (Lipinski definition) is 2. The van der Waals surface area contributed by atoms with Gasteiger partial charge >= 0.3 is 0 Å². The SMILES string of the molecule is Nc1ccc(CCNC(=O)c2ccc(S(=O)(=O)C3CCCC3)cc2)cc1. The Morgan fingerprint density at radius 3 is 2.23 bits per heavy atom. The Bertz CT molecular complexity index is 853. The first-order valence-corrected chi connectivity index (χ1v) is 10.5. The first-order valence-electron chi connectivity index (χ1n) is 8.93. The van der Waals surface area contributed by atoms with Crippen LogP contribution in [0, 0.1) is 0 Å². The molecule has 26 heavy (non-hydrogen) atoms. The van der Waals surface area contributed by atoms with Gasteiger partial charge in [0, 0.05) is 17.8 Å². The maximum Gasteiger partial charge on any atom is 0.251 e. The molecule has 1 amide bonds. The minimum absolute atomic E-state index is 0.203. The molecule has 2 aromatic carbocycles. The predicted octanol–water partition coefficient (Wildman–Crippen LogP) is 2.96. The quantitative estimate of drug-likeness (QED) is 0.763. The molecule has 6 heteroatoms. The molecule has 2 aromatic rings. The van der Waals surface area contributed by atoms with E-state index in [9.17, 15) is 13.2 Å². The van der Waals surface area contributed by atoms with Crippen molar-refractivity contribution in [3.05, 3.63) is 59.7 Å². The Kier molecular flexibility index (Phi) is 5.61. The average molecular weight is 372 g/mol. The van der Waals surface area contributed by atoms with E-state index >= 15 is 0 Å². The molecule has 3 rings (SSSR count). The monoisotopic (exact) mass is 372 g/mol. The summed E-state index contributed by atoms with van der Waals surface area (Å²) in [5.41, 5.74) is 7.92. The van der Waals surface area contributed by atoms with E-state index < -0.39 is 9.84 Å². The Morgan fingerprint density at radius 1 is 1.00 bits per heavy atom. The Morgan fingerprint density at radius 2 is 1.62 bits per heavy atom. The van der Waals surface area contributed by atoms with Crippen LogP contribution in [0.3, 0.4) is 0 Å². The van der Waals surface area contributed by atoms with E-state index in [-0.39, 0.29) is 11.2 Å². The lowest BCUT2D eigenvalue weighted by atomic mass is 10.1. The molecule has 0 unspecified atom stereocenters. The average Bonchev–Trinajstić information content (AvgIpc) is 3.19. The molecule has 1 aliphatic rings. The molecule has 0 saturated heterocycles. The van der Waals surface area contributed by atoms with Gasteiger partial charge in [0.05, 0.1) is 10.1 Å². The second-order valence-electron chi connectivity index (χ2n) is 6.72. The number of carbonyl (C=O) groups is 1. The summed E-state index contributed by atoms with van der Waals surface area (Å²) in [6.45, 7) is 0.505. The zero-order chi connectivity index (χ0) is 18.6. The van der Waals surface area contributed by atoms with E-state index in [0.717, 1.165) is 31.2 Å². The fourth-order valence-electron chi connectivity index (χ4n) is 3.29. The molecular formula is C20H24N2O3S. The molecule has 0 aromatic heterocycles. The third kappa shape index (κ3) is 4.25. The van der Waals surface area contributed by atoms with Crippen LogP contribution < -0.4 is 11.1 Å². The molecule has 0 spiro atoms. The van der Waals surface area contributed by atoms with Crippen LogP contribution in [0.5, 0.6) is 0 Å². The number of amides is 1. The van der Waals surface area contributed by atoms with Crippen molar-refractivity contribution in [1.29, 1.82) is 0 Å². The number of nitrogens with two attached hydrogens (primary N) is 1. The molecule has 0 atom stereocenters. The van der Waals surface area contributed by atoms with Crippen LogP contribution in [0.2, 0.25) is 0 Å². The standard InChI is InChI=1S/C20H24N2O3S/c21-17-9-5-15(6-10-17)13-14-22-20(23)16-7-11-19(12-8-16)26(24,25)18-3-1-2-4-18/h5-12,18H,1-4,13-14,21H2,(H,22,23). The maximum absolute atomic E-state index is 12.6. The van der Waals surface area contributed by atoms with Crippen molar-refractivity contribution >= 4 is 21.4 Å². The highest BCUT2D eigenvalue weighted by Gasteiger charge is 2.30. The van der Waals surface area contributed by atoms with Crippen molar-refractivity contribution in [2.24, 2.45) is 0 Å². The van der Waals surface area contributed by atoms with E-state index in [0.29, 0.717) is 29.1 Å². The highest BCUT2D eigenvalue weighted by atomic mass is 32.2. The van der Waals surface area contributed by atoms with E-state index in [2.05, 4.69) is 5.32 Å². The lowest BCUT2D eigenvalue weighted by molar-refractivity contribution is 0.0954. The summed E-state index contributed by atoms with van der Waals surface area (Å²) in [6, 6.07) is 13.8. The first-order chi connectivity index (χ1) is 12.5. The second kappa shape index (κ2) is 7.91. The van der Waals surface area contributed by atoms with Gasteiger partial charge < -0.3 is 11.1 Å². The van der Waals surface area contributed by atoms with Gasteiger partial charge in [0.2, 0.25) is 0 Å². The number of nitrogen functional groups attached to an aromatic ring is 1. The van der Waals surface area contributed by atoms with Crippen LogP contribution >= 0.6 is 0 Å². The van der Waals surface area contributed by atoms with Crippen molar-refractivity contribution < 1.29 is 13.2 Å². The molecule has 0 heterocycles. The first kappa shape index (κ1) is 18.5. The summed E-state index contributed by atoms with van der Waals surface area (Å²) in [6.07, 6.45) is 4.11. The van der Waals surface area contributed by atoms with Gasteiger partial charge in [-0.3, -0.25) is 4.79 Å². The van der Waals surface area contributed by atoms with E-state index in [1.807, 2.05) is 24.3 Å². The summed E-state index contributed by atoms with van der Waals surface area (Å²) < 4.78 is 25.1. The fraction of sp³-hybridized carbons (Fsp3) is 0.350. The summed E-state index contributed by atoms with van der Waals surface area (Å²) in [4.78, 5) is 12.5. The number of rotatable bonds is 6. The zero-order valence-corrected chi connectivity index (χ0v) is 15.5. The third-order valence-electron chi connectivity index (χ3n) is 4.87. The van der Waals surface area contributed by atoms with E-state index in [4.69, 9.17) is 5.73 Å². The summed E-state index contributed by atoms with van der Waals surface area (Å²) in [5, 5.41) is 2.58. The molecule has 1 aliphatic carbocycles. The molecule has 3 N–H and O–H groups in total. The predicted molar refractivity (Wildman–Crippen MR) is 103 cm³/mol. The van der Waals surface area contributed by atoms with Crippen LogP contribution in [-0.4, -0.2) is 26.1 Å². The van der Waals surface area contributed by atoms with Gasteiger partial charge in [-0.15, -0.1) is 0 Å². The van der Waals surface area contributed by atoms with Crippen LogP contribution in [0.25, 0.3) is 0 Å². The van der Waals surface area contributed by atoms with Crippen LogP contribution in [-0.2, 0) is 16.3 Å². The summed E-state index contributed by atoms with van der Waals surface area (Å²) in [5.74, 6) is -0.203. The van der Waals surface area contributed by atoms with Crippen molar-refractivity contribution in [1.82, 2.24) is 5.32 Å². The normalized spacial score (nSPS) is 15.1. The number of anilines is 1. The molecule has 0 radical (unpaired) electrons. The summed E-state index contributed by atoms with van der Waals surface area (Å²) >= 11 is 0. The van der Waals surface area contributed by atoms with Gasteiger partial charge in [-0.1, -0.05) is 25.0 Å². The number of nitrogens with one attached hydrogen (secondary N) is 1. The number of carbonyl (C=O) groups excluding carboxylic acids is 1. The fourth-order valence-corrected chi connectivity index (χ4v) is 5.15. The van der Waals surface area contributed by atoms with Crippen molar-refractivity contribution in [2.45, 2.75) is 42.2 Å². The van der Waals surface area contributed by atoms with Crippen LogP contribution in [0.1, 0.15) is 41.6 Å². The second-order valence-corrected chi connectivity index (χ2v) is 8.95.